The second-order valence-corrected chi connectivity index (χ2v) is 6.53. The Labute approximate surface area is 130 Å². The number of ether oxygens (including phenoxy) is 1. The highest BCUT2D eigenvalue weighted by Gasteiger charge is 2.11. The lowest BCUT2D eigenvalue weighted by atomic mass is 10.1. The van der Waals surface area contributed by atoms with Crippen LogP contribution in [0.1, 0.15) is 12.0 Å². The molecule has 116 valence electrons. The van der Waals surface area contributed by atoms with Crippen molar-refractivity contribution in [1.82, 2.24) is 4.72 Å². The van der Waals surface area contributed by atoms with Gasteiger partial charge in [-0.1, -0.05) is 30.3 Å². The minimum atomic E-state index is -3.43. The Kier molecular flexibility index (Phi) is 5.30. The number of hydrogen-bond acceptors (Lipinski definition) is 4. The van der Waals surface area contributed by atoms with Crippen LogP contribution in [0.25, 0.3) is 0 Å². The molecule has 6 heteroatoms. The summed E-state index contributed by atoms with van der Waals surface area (Å²) >= 11 is 0. The van der Waals surface area contributed by atoms with E-state index in [1.165, 1.54) is 19.2 Å². The largest absolute Gasteiger partial charge is 0.427 e. The number of para-hydroxylation sites is 1. The van der Waals surface area contributed by atoms with Crippen LogP contribution < -0.4 is 9.46 Å². The van der Waals surface area contributed by atoms with Crippen LogP contribution in [0.15, 0.2) is 59.5 Å². The third-order valence-corrected chi connectivity index (χ3v) is 4.53. The van der Waals surface area contributed by atoms with Gasteiger partial charge in [0.1, 0.15) is 5.75 Å². The first-order valence-electron chi connectivity index (χ1n) is 6.79. The van der Waals surface area contributed by atoms with E-state index in [4.69, 9.17) is 4.74 Å². The number of benzene rings is 2. The molecule has 0 aliphatic carbocycles. The highest BCUT2D eigenvalue weighted by atomic mass is 32.2. The van der Waals surface area contributed by atoms with Crippen LogP contribution in [0, 0.1) is 0 Å². The second kappa shape index (κ2) is 7.20. The summed E-state index contributed by atoms with van der Waals surface area (Å²) in [6.07, 6.45) is 0.721. The SMILES string of the molecule is CNS(=O)(=O)c1ccc(CCC(=O)Oc2ccccc2)cc1. The molecule has 0 bridgehead atoms. The first-order valence-corrected chi connectivity index (χ1v) is 8.28. The van der Waals surface area contributed by atoms with E-state index in [0.717, 1.165) is 5.56 Å². The predicted molar refractivity (Wildman–Crippen MR) is 83.1 cm³/mol. The number of carbonyl (C=O) groups excluding carboxylic acids is 1. The zero-order chi connectivity index (χ0) is 16.0. The van der Waals surface area contributed by atoms with Crippen molar-refractivity contribution < 1.29 is 17.9 Å². The van der Waals surface area contributed by atoms with Gasteiger partial charge in [-0.25, -0.2) is 13.1 Å². The first kappa shape index (κ1) is 16.2. The third kappa shape index (κ3) is 4.41. The molecule has 22 heavy (non-hydrogen) atoms. The summed E-state index contributed by atoms with van der Waals surface area (Å²) in [7, 11) is -2.06. The van der Waals surface area contributed by atoms with Gasteiger partial charge in [-0.3, -0.25) is 4.79 Å². The van der Waals surface area contributed by atoms with E-state index in [1.54, 1.807) is 36.4 Å². The summed E-state index contributed by atoms with van der Waals surface area (Å²) in [5, 5.41) is 0. The van der Waals surface area contributed by atoms with Crippen LogP contribution in [0.5, 0.6) is 5.75 Å². The molecule has 0 radical (unpaired) electrons. The van der Waals surface area contributed by atoms with E-state index < -0.39 is 10.0 Å². The fraction of sp³-hybridized carbons (Fsp3) is 0.188. The Hall–Kier alpha value is -2.18. The topological polar surface area (TPSA) is 72.5 Å². The van der Waals surface area contributed by atoms with Crippen molar-refractivity contribution in [3.8, 4) is 5.75 Å². The Bertz CT molecular complexity index is 725. The molecule has 2 aromatic rings. The van der Waals surface area contributed by atoms with E-state index in [9.17, 15) is 13.2 Å². The van der Waals surface area contributed by atoms with Crippen LogP contribution in [-0.2, 0) is 21.2 Å². The van der Waals surface area contributed by atoms with E-state index >= 15 is 0 Å². The third-order valence-electron chi connectivity index (χ3n) is 3.10. The van der Waals surface area contributed by atoms with Gasteiger partial charge < -0.3 is 4.74 Å². The Morgan fingerprint density at radius 3 is 2.27 bits per heavy atom. The Balaban J connectivity index is 1.91. The smallest absolute Gasteiger partial charge is 0.311 e. The minimum Gasteiger partial charge on any atom is -0.427 e. The van der Waals surface area contributed by atoms with Gasteiger partial charge >= 0.3 is 5.97 Å². The normalized spacial score (nSPS) is 11.1. The monoisotopic (exact) mass is 319 g/mol. The highest BCUT2D eigenvalue weighted by molar-refractivity contribution is 7.89. The van der Waals surface area contributed by atoms with Gasteiger partial charge in [0, 0.05) is 6.42 Å². The summed E-state index contributed by atoms with van der Waals surface area (Å²) in [6, 6.07) is 15.3. The number of carbonyl (C=O) groups is 1. The lowest BCUT2D eigenvalue weighted by molar-refractivity contribution is -0.134. The molecule has 0 fully saturated rings. The van der Waals surface area contributed by atoms with Gasteiger partial charge in [-0.15, -0.1) is 0 Å². The summed E-state index contributed by atoms with van der Waals surface area (Å²) in [5.41, 5.74) is 0.875. The Morgan fingerprint density at radius 1 is 1.05 bits per heavy atom. The molecular formula is C16H17NO4S. The van der Waals surface area contributed by atoms with Gasteiger partial charge in [-0.2, -0.15) is 0 Å². The molecule has 0 aliphatic rings. The number of hydrogen-bond donors (Lipinski definition) is 1. The summed E-state index contributed by atoms with van der Waals surface area (Å²) in [6.45, 7) is 0. The maximum absolute atomic E-state index is 11.7. The van der Waals surface area contributed by atoms with Crippen molar-refractivity contribution in [2.75, 3.05) is 7.05 Å². The van der Waals surface area contributed by atoms with Crippen molar-refractivity contribution in [3.63, 3.8) is 0 Å². The van der Waals surface area contributed by atoms with Crippen LogP contribution in [0.2, 0.25) is 0 Å². The first-order chi connectivity index (χ1) is 10.5. The predicted octanol–water partition coefficient (Wildman–Crippen LogP) is 2.13. The average Bonchev–Trinajstić information content (AvgIpc) is 2.54. The average molecular weight is 319 g/mol. The van der Waals surface area contributed by atoms with E-state index in [0.29, 0.717) is 12.2 Å². The fourth-order valence-corrected chi connectivity index (χ4v) is 2.60. The summed E-state index contributed by atoms with van der Waals surface area (Å²) in [4.78, 5) is 11.9. The molecule has 0 saturated carbocycles. The zero-order valence-corrected chi connectivity index (χ0v) is 13.0. The maximum Gasteiger partial charge on any atom is 0.311 e. The van der Waals surface area contributed by atoms with E-state index in [-0.39, 0.29) is 17.3 Å². The van der Waals surface area contributed by atoms with E-state index in [1.807, 2.05) is 6.07 Å². The summed E-state index contributed by atoms with van der Waals surface area (Å²) in [5.74, 6) is 0.195. The van der Waals surface area contributed by atoms with Gasteiger partial charge in [0.05, 0.1) is 4.90 Å². The van der Waals surface area contributed by atoms with Crippen LogP contribution in [0.3, 0.4) is 0 Å². The molecule has 0 amide bonds. The number of aryl methyl sites for hydroxylation is 1. The molecule has 0 aliphatic heterocycles. The van der Waals surface area contributed by atoms with Crippen LogP contribution in [-0.4, -0.2) is 21.4 Å². The number of esters is 1. The number of sulfonamides is 1. The highest BCUT2D eigenvalue weighted by Crippen LogP contribution is 2.13. The standard InChI is InChI=1S/C16H17NO4S/c1-17-22(19,20)15-10-7-13(8-11-15)9-12-16(18)21-14-5-3-2-4-6-14/h2-8,10-11,17H,9,12H2,1H3. The maximum atomic E-state index is 11.7. The lowest BCUT2D eigenvalue weighted by Crippen LogP contribution is -2.18. The Morgan fingerprint density at radius 2 is 1.68 bits per heavy atom. The van der Waals surface area contributed by atoms with Crippen molar-refractivity contribution in [2.24, 2.45) is 0 Å². The molecule has 0 heterocycles. The quantitative estimate of drug-likeness (QED) is 0.654. The van der Waals surface area contributed by atoms with Crippen molar-refractivity contribution in [3.05, 3.63) is 60.2 Å². The van der Waals surface area contributed by atoms with Gasteiger partial charge in [0.25, 0.3) is 0 Å². The number of rotatable bonds is 6. The molecule has 0 atom stereocenters. The fourth-order valence-electron chi connectivity index (χ4n) is 1.87. The molecule has 2 aromatic carbocycles. The lowest BCUT2D eigenvalue weighted by Gasteiger charge is -2.06. The van der Waals surface area contributed by atoms with E-state index in [2.05, 4.69) is 4.72 Å². The van der Waals surface area contributed by atoms with Crippen LogP contribution in [0.4, 0.5) is 0 Å². The molecule has 0 unspecified atom stereocenters. The second-order valence-electron chi connectivity index (χ2n) is 4.64. The van der Waals surface area contributed by atoms with Crippen molar-refractivity contribution >= 4 is 16.0 Å². The summed E-state index contributed by atoms with van der Waals surface area (Å²) < 4.78 is 30.6. The van der Waals surface area contributed by atoms with Gasteiger partial charge in [-0.05, 0) is 43.3 Å². The molecular weight excluding hydrogens is 302 g/mol. The molecule has 5 nitrogen and oxygen atoms in total. The zero-order valence-electron chi connectivity index (χ0n) is 12.2. The van der Waals surface area contributed by atoms with Gasteiger partial charge in [0.15, 0.2) is 0 Å². The van der Waals surface area contributed by atoms with Crippen molar-refractivity contribution in [2.45, 2.75) is 17.7 Å². The molecule has 0 spiro atoms. The molecule has 1 N–H and O–H groups in total. The van der Waals surface area contributed by atoms with Crippen LogP contribution >= 0.6 is 0 Å². The van der Waals surface area contributed by atoms with Gasteiger partial charge in [0.2, 0.25) is 10.0 Å². The number of nitrogens with one attached hydrogen (secondary N) is 1. The minimum absolute atomic E-state index is 0.200. The molecule has 0 saturated heterocycles. The van der Waals surface area contributed by atoms with Crippen molar-refractivity contribution in [1.29, 1.82) is 0 Å². The molecule has 2 rings (SSSR count). The molecule has 0 aromatic heterocycles.